The minimum atomic E-state index is -0.915. The van der Waals surface area contributed by atoms with E-state index in [0.717, 1.165) is 31.0 Å². The highest BCUT2D eigenvalue weighted by Gasteiger charge is 2.44. The molecule has 0 unspecified atom stereocenters. The van der Waals surface area contributed by atoms with Crippen molar-refractivity contribution in [2.75, 3.05) is 20.2 Å². The number of hydrogen-bond donors (Lipinski definition) is 2. The van der Waals surface area contributed by atoms with Crippen LogP contribution in [0.15, 0.2) is 64.3 Å². The van der Waals surface area contributed by atoms with Crippen molar-refractivity contribution in [1.82, 2.24) is 25.0 Å². The van der Waals surface area contributed by atoms with E-state index in [9.17, 15) is 19.5 Å². The average Bonchev–Trinajstić information content (AvgIpc) is 3.58. The Morgan fingerprint density at radius 1 is 1.13 bits per heavy atom. The lowest BCUT2D eigenvalue weighted by Gasteiger charge is -2.48. The van der Waals surface area contributed by atoms with Crippen LogP contribution in [0.2, 0.25) is 5.02 Å². The SMILES string of the molecule is COc1cc2oc(C(=O)N[C@H](Cc3ccc(Cl)cc3)C(=O)N3CCC(Cn4cncn4)(C4CCCCC4)CC3)cc(=O)c2cc1O. The molecule has 46 heavy (non-hydrogen) atoms. The zero-order chi connectivity index (χ0) is 32.3. The topological polar surface area (TPSA) is 140 Å². The Hall–Kier alpha value is -4.38. The van der Waals surface area contributed by atoms with Crippen LogP contribution in [0.4, 0.5) is 0 Å². The van der Waals surface area contributed by atoms with Gasteiger partial charge in [-0.25, -0.2) is 4.98 Å². The third-order valence-electron chi connectivity index (χ3n) is 9.69. The van der Waals surface area contributed by atoms with Crippen molar-refractivity contribution in [3.63, 3.8) is 0 Å². The van der Waals surface area contributed by atoms with E-state index in [4.69, 9.17) is 20.8 Å². The van der Waals surface area contributed by atoms with Crippen LogP contribution in [0.3, 0.4) is 0 Å². The van der Waals surface area contributed by atoms with Crippen molar-refractivity contribution < 1.29 is 23.8 Å². The van der Waals surface area contributed by atoms with Gasteiger partial charge in [0.2, 0.25) is 5.91 Å². The predicted octanol–water partition coefficient (Wildman–Crippen LogP) is 4.98. The molecular formula is C34H38ClN5O6. The minimum absolute atomic E-state index is 0.0177. The molecule has 1 atom stereocenters. The molecule has 0 spiro atoms. The summed E-state index contributed by atoms with van der Waals surface area (Å²) in [6.45, 7) is 1.89. The van der Waals surface area contributed by atoms with Crippen LogP contribution in [0.5, 0.6) is 11.5 Å². The number of phenols is 1. The molecule has 2 aromatic carbocycles. The first kappa shape index (κ1) is 31.6. The third-order valence-corrected chi connectivity index (χ3v) is 9.95. The zero-order valence-electron chi connectivity index (χ0n) is 25.8. The van der Waals surface area contributed by atoms with Crippen LogP contribution in [0.25, 0.3) is 11.0 Å². The molecule has 2 fully saturated rings. The molecule has 2 amide bonds. The summed E-state index contributed by atoms with van der Waals surface area (Å²) >= 11 is 6.11. The molecule has 2 aliphatic rings. The highest BCUT2D eigenvalue weighted by molar-refractivity contribution is 6.30. The van der Waals surface area contributed by atoms with Gasteiger partial charge in [-0.05, 0) is 60.8 Å². The van der Waals surface area contributed by atoms with Crippen molar-refractivity contribution >= 4 is 34.4 Å². The standard InChI is InChI=1S/C34H38ClN5O6/c1-45-30-18-29-25(16-28(30)42)27(41)17-31(46-29)32(43)38-26(15-22-7-9-24(35)10-8-22)33(44)39-13-11-34(12-14-39,19-40-21-36-20-37-40)23-5-3-2-4-6-23/h7-10,16-18,20-21,23,26,42H,2-6,11-15,19H2,1H3,(H,38,43)/t26-/m1/s1. The van der Waals surface area contributed by atoms with Gasteiger partial charge < -0.3 is 24.5 Å². The number of aromatic hydroxyl groups is 1. The van der Waals surface area contributed by atoms with E-state index in [1.807, 2.05) is 21.7 Å². The quantitative estimate of drug-likeness (QED) is 0.259. The number of nitrogens with one attached hydrogen (secondary N) is 1. The summed E-state index contributed by atoms with van der Waals surface area (Å²) in [5.41, 5.74) is 0.412. The molecule has 0 bridgehead atoms. The number of rotatable bonds is 9. The van der Waals surface area contributed by atoms with E-state index in [1.165, 1.54) is 51.3 Å². The monoisotopic (exact) mass is 647 g/mol. The van der Waals surface area contributed by atoms with E-state index >= 15 is 0 Å². The number of benzene rings is 2. The first-order valence-corrected chi connectivity index (χ1v) is 16.1. The molecule has 2 N–H and O–H groups in total. The number of phenolic OH excluding ortho intramolecular Hbond substituents is 1. The third kappa shape index (κ3) is 6.74. The van der Waals surface area contributed by atoms with Crippen molar-refractivity contribution in [3.8, 4) is 11.5 Å². The number of aromatic nitrogens is 3. The fourth-order valence-electron chi connectivity index (χ4n) is 7.17. The van der Waals surface area contributed by atoms with Crippen molar-refractivity contribution in [2.24, 2.45) is 11.3 Å². The van der Waals surface area contributed by atoms with Gasteiger partial charge >= 0.3 is 0 Å². The first-order chi connectivity index (χ1) is 22.2. The number of ether oxygens (including phenoxy) is 1. The summed E-state index contributed by atoms with van der Waals surface area (Å²) in [7, 11) is 1.37. The summed E-state index contributed by atoms with van der Waals surface area (Å²) in [6, 6.07) is 9.88. The van der Waals surface area contributed by atoms with E-state index in [-0.39, 0.29) is 46.0 Å². The smallest absolute Gasteiger partial charge is 0.287 e. The molecule has 4 aromatic rings. The molecule has 1 saturated carbocycles. The van der Waals surface area contributed by atoms with Crippen LogP contribution >= 0.6 is 11.6 Å². The molecule has 6 rings (SSSR count). The minimum Gasteiger partial charge on any atom is -0.504 e. The van der Waals surface area contributed by atoms with Crippen molar-refractivity contribution in [2.45, 2.75) is 64.0 Å². The molecule has 11 nitrogen and oxygen atoms in total. The maximum Gasteiger partial charge on any atom is 0.287 e. The van der Waals surface area contributed by atoms with E-state index in [1.54, 1.807) is 24.8 Å². The van der Waals surface area contributed by atoms with Crippen LogP contribution in [-0.4, -0.2) is 62.8 Å². The molecule has 1 saturated heterocycles. The molecule has 2 aromatic heterocycles. The predicted molar refractivity (Wildman–Crippen MR) is 172 cm³/mol. The molecule has 3 heterocycles. The molecule has 0 radical (unpaired) electrons. The Morgan fingerprint density at radius 3 is 2.54 bits per heavy atom. The fraction of sp³-hybridized carbons (Fsp3) is 0.441. The largest absolute Gasteiger partial charge is 0.504 e. The summed E-state index contributed by atoms with van der Waals surface area (Å²) in [6.07, 6.45) is 11.3. The normalized spacial score (nSPS) is 17.5. The lowest BCUT2D eigenvalue weighted by atomic mass is 9.63. The Labute approximate surface area is 271 Å². The second kappa shape index (κ2) is 13.5. The molecular weight excluding hydrogens is 610 g/mol. The van der Waals surface area contributed by atoms with Gasteiger partial charge in [0.1, 0.15) is 24.3 Å². The Balaban J connectivity index is 1.24. The summed E-state index contributed by atoms with van der Waals surface area (Å²) in [5.74, 6) is -0.703. The molecule has 1 aliphatic heterocycles. The van der Waals surface area contributed by atoms with Gasteiger partial charge in [0, 0.05) is 43.2 Å². The van der Waals surface area contributed by atoms with E-state index in [2.05, 4.69) is 15.4 Å². The zero-order valence-corrected chi connectivity index (χ0v) is 26.5. The van der Waals surface area contributed by atoms with E-state index < -0.39 is 17.4 Å². The fourth-order valence-corrected chi connectivity index (χ4v) is 7.30. The highest BCUT2D eigenvalue weighted by atomic mass is 35.5. The summed E-state index contributed by atoms with van der Waals surface area (Å²) in [4.78, 5) is 46.6. The number of carbonyl (C=O) groups is 2. The lowest BCUT2D eigenvalue weighted by Crippen LogP contribution is -2.54. The number of fused-ring (bicyclic) bond motifs is 1. The first-order valence-electron chi connectivity index (χ1n) is 15.8. The Morgan fingerprint density at radius 2 is 1.87 bits per heavy atom. The number of hydrogen-bond acceptors (Lipinski definition) is 8. The number of halogens is 1. The number of carbonyl (C=O) groups excluding carboxylic acids is 2. The summed E-state index contributed by atoms with van der Waals surface area (Å²) < 4.78 is 12.8. The van der Waals surface area contributed by atoms with Crippen molar-refractivity contribution in [3.05, 3.63) is 81.7 Å². The summed E-state index contributed by atoms with van der Waals surface area (Å²) in [5, 5.41) is 18.0. The van der Waals surface area contributed by atoms with Gasteiger partial charge in [-0.2, -0.15) is 5.10 Å². The Bertz CT molecular complexity index is 1740. The second-order valence-corrected chi connectivity index (χ2v) is 12.9. The van der Waals surface area contributed by atoms with Gasteiger partial charge in [0.05, 0.1) is 12.5 Å². The number of nitrogens with zero attached hydrogens (tertiary/aromatic N) is 4. The highest BCUT2D eigenvalue weighted by Crippen LogP contribution is 2.47. The Kier molecular flexibility index (Phi) is 9.30. The van der Waals surface area contributed by atoms with Gasteiger partial charge in [-0.3, -0.25) is 19.1 Å². The lowest BCUT2D eigenvalue weighted by molar-refractivity contribution is -0.136. The number of likely N-dealkylation sites (tertiary alicyclic amines) is 1. The molecule has 12 heteroatoms. The number of amides is 2. The van der Waals surface area contributed by atoms with Crippen LogP contribution in [0, 0.1) is 11.3 Å². The molecule has 242 valence electrons. The van der Waals surface area contributed by atoms with Gasteiger partial charge in [0.15, 0.2) is 22.7 Å². The second-order valence-electron chi connectivity index (χ2n) is 12.5. The van der Waals surface area contributed by atoms with Gasteiger partial charge in [-0.1, -0.05) is 43.0 Å². The van der Waals surface area contributed by atoms with Gasteiger partial charge in [0.25, 0.3) is 5.91 Å². The van der Waals surface area contributed by atoms with Gasteiger partial charge in [-0.15, -0.1) is 0 Å². The van der Waals surface area contributed by atoms with Crippen LogP contribution < -0.4 is 15.5 Å². The van der Waals surface area contributed by atoms with E-state index in [0.29, 0.717) is 24.0 Å². The molecule has 1 aliphatic carbocycles. The van der Waals surface area contributed by atoms with Crippen LogP contribution in [-0.2, 0) is 17.8 Å². The number of methoxy groups -OCH3 is 1. The maximum atomic E-state index is 14.2. The number of piperidine rings is 1. The average molecular weight is 648 g/mol. The van der Waals surface area contributed by atoms with Crippen molar-refractivity contribution in [1.29, 1.82) is 0 Å². The van der Waals surface area contributed by atoms with Crippen LogP contribution in [0.1, 0.15) is 61.1 Å². The maximum absolute atomic E-state index is 14.2.